The Morgan fingerprint density at radius 3 is 2.40 bits per heavy atom. The number of rotatable bonds is 7. The molecule has 0 atom stereocenters. The number of hydrogen-bond donors (Lipinski definition) is 1. The van der Waals surface area contributed by atoms with Crippen molar-refractivity contribution in [1.29, 1.82) is 0 Å². The summed E-state index contributed by atoms with van der Waals surface area (Å²) in [4.78, 5) is 12.5. The summed E-state index contributed by atoms with van der Waals surface area (Å²) in [6.07, 6.45) is 1.49. The van der Waals surface area contributed by atoms with Crippen LogP contribution in [0.15, 0.2) is 88.9 Å². The quantitative estimate of drug-likeness (QED) is 0.444. The van der Waals surface area contributed by atoms with Crippen LogP contribution in [0.25, 0.3) is 0 Å². The highest BCUT2D eigenvalue weighted by molar-refractivity contribution is 7.92. The van der Waals surface area contributed by atoms with Crippen LogP contribution < -0.4 is 9.73 Å². The number of halogens is 1. The van der Waals surface area contributed by atoms with Crippen molar-refractivity contribution in [3.8, 4) is 0 Å². The highest BCUT2D eigenvalue weighted by Crippen LogP contribution is 2.25. The molecule has 0 heterocycles. The van der Waals surface area contributed by atoms with Crippen LogP contribution in [0.5, 0.6) is 0 Å². The lowest BCUT2D eigenvalue weighted by Gasteiger charge is -2.23. The van der Waals surface area contributed by atoms with Gasteiger partial charge in [0.1, 0.15) is 6.54 Å². The zero-order valence-corrected chi connectivity index (χ0v) is 17.8. The minimum absolute atomic E-state index is 0.0703. The normalized spacial score (nSPS) is 11.4. The Balaban J connectivity index is 1.82. The summed E-state index contributed by atoms with van der Waals surface area (Å²) >= 11 is 6.04. The van der Waals surface area contributed by atoms with Crippen LogP contribution in [0.4, 0.5) is 5.69 Å². The fourth-order valence-corrected chi connectivity index (χ4v) is 4.28. The van der Waals surface area contributed by atoms with Gasteiger partial charge in [-0.2, -0.15) is 5.10 Å². The van der Waals surface area contributed by atoms with Gasteiger partial charge in [0.2, 0.25) is 0 Å². The topological polar surface area (TPSA) is 78.8 Å². The van der Waals surface area contributed by atoms with E-state index in [0.29, 0.717) is 5.02 Å². The summed E-state index contributed by atoms with van der Waals surface area (Å²) in [5.41, 5.74) is 4.58. The molecule has 0 radical (unpaired) electrons. The van der Waals surface area contributed by atoms with E-state index in [0.717, 1.165) is 15.4 Å². The fourth-order valence-electron chi connectivity index (χ4n) is 2.66. The summed E-state index contributed by atoms with van der Waals surface area (Å²) in [5, 5.41) is 4.28. The SMILES string of the molecule is Cc1ccc(C=NNC(=O)CN(c2cccc(Cl)c2)S(=O)(=O)c2ccccc2)cc1. The van der Waals surface area contributed by atoms with E-state index in [1.165, 1.54) is 24.4 Å². The van der Waals surface area contributed by atoms with Crippen molar-refractivity contribution >= 4 is 39.4 Å². The summed E-state index contributed by atoms with van der Waals surface area (Å²) < 4.78 is 27.3. The van der Waals surface area contributed by atoms with Crippen LogP contribution in [0.3, 0.4) is 0 Å². The zero-order chi connectivity index (χ0) is 21.6. The summed E-state index contributed by atoms with van der Waals surface area (Å²) in [5.74, 6) is -0.585. The molecule has 0 saturated heterocycles. The van der Waals surface area contributed by atoms with Gasteiger partial charge in [-0.3, -0.25) is 9.10 Å². The van der Waals surface area contributed by atoms with E-state index in [-0.39, 0.29) is 10.6 Å². The summed E-state index contributed by atoms with van der Waals surface area (Å²) in [6.45, 7) is 1.52. The maximum Gasteiger partial charge on any atom is 0.264 e. The first-order valence-corrected chi connectivity index (χ1v) is 10.9. The number of amides is 1. The molecule has 3 rings (SSSR count). The Kier molecular flexibility index (Phi) is 6.87. The highest BCUT2D eigenvalue weighted by atomic mass is 35.5. The first kappa shape index (κ1) is 21.5. The van der Waals surface area contributed by atoms with Crippen molar-refractivity contribution in [2.75, 3.05) is 10.8 Å². The van der Waals surface area contributed by atoms with Crippen LogP contribution in [0, 0.1) is 6.92 Å². The first-order chi connectivity index (χ1) is 14.4. The predicted octanol–water partition coefficient (Wildman–Crippen LogP) is 3.99. The second-order valence-electron chi connectivity index (χ2n) is 6.51. The molecule has 0 spiro atoms. The van der Waals surface area contributed by atoms with Gasteiger partial charge in [-0.25, -0.2) is 13.8 Å². The van der Waals surface area contributed by atoms with E-state index in [1.54, 1.807) is 36.4 Å². The van der Waals surface area contributed by atoms with Crippen molar-refractivity contribution in [2.45, 2.75) is 11.8 Å². The van der Waals surface area contributed by atoms with Gasteiger partial charge in [0.25, 0.3) is 15.9 Å². The van der Waals surface area contributed by atoms with Gasteiger partial charge >= 0.3 is 0 Å². The molecule has 0 aromatic heterocycles. The molecule has 0 bridgehead atoms. The third-order valence-corrected chi connectivity index (χ3v) is 6.22. The lowest BCUT2D eigenvalue weighted by Crippen LogP contribution is -2.39. The molecular formula is C22H20ClN3O3S. The van der Waals surface area contributed by atoms with Crippen molar-refractivity contribution < 1.29 is 13.2 Å². The molecule has 3 aromatic rings. The van der Waals surface area contributed by atoms with Gasteiger partial charge in [-0.05, 0) is 42.8 Å². The van der Waals surface area contributed by atoms with E-state index in [2.05, 4.69) is 10.5 Å². The van der Waals surface area contributed by atoms with Crippen LogP contribution in [0.2, 0.25) is 5.02 Å². The minimum atomic E-state index is -3.99. The summed E-state index contributed by atoms with van der Waals surface area (Å²) in [6, 6.07) is 21.8. The fraction of sp³-hybridized carbons (Fsp3) is 0.0909. The van der Waals surface area contributed by atoms with Gasteiger partial charge in [0.15, 0.2) is 0 Å². The molecule has 8 heteroatoms. The Labute approximate surface area is 180 Å². The molecule has 0 fully saturated rings. The standard InChI is InChI=1S/C22H20ClN3O3S/c1-17-10-12-18(13-11-17)15-24-25-22(27)16-26(20-7-5-6-19(23)14-20)30(28,29)21-8-3-2-4-9-21/h2-15H,16H2,1H3,(H,25,27). The predicted molar refractivity (Wildman–Crippen MR) is 119 cm³/mol. The number of benzene rings is 3. The molecule has 1 amide bonds. The number of hydrogen-bond acceptors (Lipinski definition) is 4. The number of sulfonamides is 1. The highest BCUT2D eigenvalue weighted by Gasteiger charge is 2.27. The molecule has 3 aromatic carbocycles. The number of nitrogens with one attached hydrogen (secondary N) is 1. The molecule has 0 aliphatic carbocycles. The number of nitrogens with zero attached hydrogens (tertiary/aromatic N) is 2. The second-order valence-corrected chi connectivity index (χ2v) is 8.81. The smallest absolute Gasteiger partial charge is 0.264 e. The maximum absolute atomic E-state index is 13.2. The van der Waals surface area contributed by atoms with Gasteiger partial charge in [-0.1, -0.05) is 65.7 Å². The number of carbonyl (C=O) groups excluding carboxylic acids is 1. The molecule has 1 N–H and O–H groups in total. The number of aryl methyl sites for hydroxylation is 1. The Hall–Kier alpha value is -3.16. The molecule has 154 valence electrons. The van der Waals surface area contributed by atoms with Gasteiger partial charge in [0, 0.05) is 5.02 Å². The number of carbonyl (C=O) groups is 1. The average molecular weight is 442 g/mol. The third-order valence-electron chi connectivity index (χ3n) is 4.19. The van der Waals surface area contributed by atoms with E-state index in [9.17, 15) is 13.2 Å². The molecular weight excluding hydrogens is 422 g/mol. The maximum atomic E-state index is 13.2. The van der Waals surface area contributed by atoms with E-state index >= 15 is 0 Å². The molecule has 0 saturated carbocycles. The number of hydrazone groups is 1. The van der Waals surface area contributed by atoms with Gasteiger partial charge in [0.05, 0.1) is 16.8 Å². The number of anilines is 1. The largest absolute Gasteiger partial charge is 0.271 e. The lowest BCUT2D eigenvalue weighted by atomic mass is 10.2. The van der Waals surface area contributed by atoms with Crippen molar-refractivity contribution in [3.05, 3.63) is 95.0 Å². The summed E-state index contributed by atoms with van der Waals surface area (Å²) in [7, 11) is -3.99. The average Bonchev–Trinajstić information content (AvgIpc) is 2.74. The first-order valence-electron chi connectivity index (χ1n) is 9.08. The Morgan fingerprint density at radius 2 is 1.73 bits per heavy atom. The van der Waals surface area contributed by atoms with E-state index in [1.807, 2.05) is 31.2 Å². The monoisotopic (exact) mass is 441 g/mol. The van der Waals surface area contributed by atoms with Crippen LogP contribution in [0.1, 0.15) is 11.1 Å². The van der Waals surface area contributed by atoms with Crippen LogP contribution in [-0.2, 0) is 14.8 Å². The lowest BCUT2D eigenvalue weighted by molar-refractivity contribution is -0.119. The Bertz CT molecular complexity index is 1150. The molecule has 0 unspecified atom stereocenters. The Morgan fingerprint density at radius 1 is 1.03 bits per heavy atom. The van der Waals surface area contributed by atoms with E-state index < -0.39 is 22.5 Å². The van der Waals surface area contributed by atoms with E-state index in [4.69, 9.17) is 11.6 Å². The second kappa shape index (κ2) is 9.56. The minimum Gasteiger partial charge on any atom is -0.271 e. The van der Waals surface area contributed by atoms with Gasteiger partial charge < -0.3 is 0 Å². The zero-order valence-electron chi connectivity index (χ0n) is 16.2. The van der Waals surface area contributed by atoms with Crippen molar-refractivity contribution in [2.24, 2.45) is 5.10 Å². The molecule has 0 aliphatic rings. The van der Waals surface area contributed by atoms with Crippen LogP contribution in [-0.4, -0.2) is 27.1 Å². The van der Waals surface area contributed by atoms with Crippen molar-refractivity contribution in [3.63, 3.8) is 0 Å². The van der Waals surface area contributed by atoms with Crippen molar-refractivity contribution in [1.82, 2.24) is 5.43 Å². The molecule has 30 heavy (non-hydrogen) atoms. The van der Waals surface area contributed by atoms with Crippen LogP contribution >= 0.6 is 11.6 Å². The molecule has 0 aliphatic heterocycles. The molecule has 6 nitrogen and oxygen atoms in total. The third kappa shape index (κ3) is 5.46. The van der Waals surface area contributed by atoms with Gasteiger partial charge in [-0.15, -0.1) is 0 Å².